The van der Waals surface area contributed by atoms with E-state index in [-0.39, 0.29) is 11.9 Å². The number of carbonyl (C=O) groups is 1. The van der Waals surface area contributed by atoms with Gasteiger partial charge in [-0.2, -0.15) is 5.10 Å². The predicted molar refractivity (Wildman–Crippen MR) is 103 cm³/mol. The summed E-state index contributed by atoms with van der Waals surface area (Å²) < 4.78 is 2.80. The largest absolute Gasteiger partial charge is 0.383 e. The van der Waals surface area contributed by atoms with Crippen LogP contribution < -0.4 is 11.1 Å². The molecule has 0 aliphatic rings. The van der Waals surface area contributed by atoms with Gasteiger partial charge in [0.05, 0.1) is 15.6 Å². The summed E-state index contributed by atoms with van der Waals surface area (Å²) in [5.74, 6) is 0.260. The molecule has 0 aliphatic heterocycles. The maximum atomic E-state index is 11.2. The minimum Gasteiger partial charge on any atom is -0.383 e. The summed E-state index contributed by atoms with van der Waals surface area (Å²) in [5.41, 5.74) is 9.29. The van der Waals surface area contributed by atoms with Gasteiger partial charge in [0, 0.05) is 18.5 Å². The van der Waals surface area contributed by atoms with Gasteiger partial charge in [-0.1, -0.05) is 17.4 Å². The monoisotopic (exact) mass is 367 g/mol. The number of nitrogens with two attached hydrogens (primary N) is 1. The van der Waals surface area contributed by atoms with Gasteiger partial charge in [-0.15, -0.1) is 0 Å². The Balaban J connectivity index is 1.91. The zero-order valence-electron chi connectivity index (χ0n) is 14.5. The number of hydrogen-bond acceptors (Lipinski definition) is 7. The number of nitrogen functional groups attached to an aromatic ring is 1. The number of carbonyl (C=O) groups excluding carboxylic acids is 1. The number of amides is 1. The molecule has 0 saturated heterocycles. The van der Waals surface area contributed by atoms with Crippen molar-refractivity contribution < 1.29 is 4.79 Å². The molecule has 1 aromatic carbocycles. The molecule has 0 atom stereocenters. The van der Waals surface area contributed by atoms with Gasteiger partial charge < -0.3 is 11.1 Å². The van der Waals surface area contributed by atoms with Crippen LogP contribution in [0, 0.1) is 0 Å². The van der Waals surface area contributed by atoms with E-state index < -0.39 is 0 Å². The second-order valence-electron chi connectivity index (χ2n) is 6.23. The number of aromatic nitrogens is 5. The standard InChI is InChI=1S/C17H17N7OS/c1-8(2)24-16-13(15(18)19-7-20-16)14(23-24)10-4-5-11-12(6-10)26-17(22-11)21-9(3)25/h4-8H,1-3H3,(H2,18,19,20)(H,21,22,25). The van der Waals surface area contributed by atoms with Crippen LogP contribution in [-0.2, 0) is 4.79 Å². The highest BCUT2D eigenvalue weighted by atomic mass is 32.1. The van der Waals surface area contributed by atoms with Crippen LogP contribution >= 0.6 is 11.3 Å². The first-order valence-corrected chi connectivity index (χ1v) is 8.93. The average molecular weight is 367 g/mol. The minimum atomic E-state index is -0.143. The molecule has 26 heavy (non-hydrogen) atoms. The van der Waals surface area contributed by atoms with E-state index in [0.29, 0.717) is 16.6 Å². The van der Waals surface area contributed by atoms with Crippen LogP contribution in [0.1, 0.15) is 26.8 Å². The Hall–Kier alpha value is -3.07. The summed E-state index contributed by atoms with van der Waals surface area (Å²) in [6, 6.07) is 5.99. The summed E-state index contributed by atoms with van der Waals surface area (Å²) in [5, 5.41) is 8.77. The third-order valence-corrected chi connectivity index (χ3v) is 4.89. The molecule has 1 amide bonds. The van der Waals surface area contributed by atoms with Crippen molar-refractivity contribution in [1.82, 2.24) is 24.7 Å². The van der Waals surface area contributed by atoms with Crippen LogP contribution in [0.15, 0.2) is 24.5 Å². The molecule has 3 N–H and O–H groups in total. The molecular formula is C17H17N7OS. The Morgan fingerprint density at radius 2 is 2.12 bits per heavy atom. The Labute approximate surface area is 153 Å². The Morgan fingerprint density at radius 1 is 1.31 bits per heavy atom. The fourth-order valence-corrected chi connectivity index (χ4v) is 3.78. The molecule has 132 valence electrons. The molecule has 8 nitrogen and oxygen atoms in total. The van der Waals surface area contributed by atoms with Gasteiger partial charge in [-0.05, 0) is 26.0 Å². The van der Waals surface area contributed by atoms with Crippen molar-refractivity contribution in [2.45, 2.75) is 26.8 Å². The Morgan fingerprint density at radius 3 is 2.85 bits per heavy atom. The summed E-state index contributed by atoms with van der Waals surface area (Å²) in [6.45, 7) is 5.55. The lowest BCUT2D eigenvalue weighted by molar-refractivity contribution is -0.114. The number of thiazole rings is 1. The van der Waals surface area contributed by atoms with Crippen molar-refractivity contribution in [3.8, 4) is 11.3 Å². The normalized spacial score (nSPS) is 11.5. The van der Waals surface area contributed by atoms with Gasteiger partial charge in [0.25, 0.3) is 0 Å². The molecule has 0 spiro atoms. The van der Waals surface area contributed by atoms with Crippen molar-refractivity contribution in [3.63, 3.8) is 0 Å². The molecule has 3 heterocycles. The molecule has 0 bridgehead atoms. The summed E-state index contributed by atoms with van der Waals surface area (Å²) in [7, 11) is 0. The van der Waals surface area contributed by atoms with Crippen LogP contribution in [0.5, 0.6) is 0 Å². The van der Waals surface area contributed by atoms with Crippen LogP contribution in [0.4, 0.5) is 10.9 Å². The van der Waals surface area contributed by atoms with Crippen molar-refractivity contribution in [2.24, 2.45) is 0 Å². The molecule has 0 unspecified atom stereocenters. The number of hydrogen-bond donors (Lipinski definition) is 2. The lowest BCUT2D eigenvalue weighted by Gasteiger charge is -2.05. The van der Waals surface area contributed by atoms with Crippen molar-refractivity contribution in [3.05, 3.63) is 24.5 Å². The van der Waals surface area contributed by atoms with Crippen molar-refractivity contribution in [2.75, 3.05) is 11.1 Å². The first-order valence-electron chi connectivity index (χ1n) is 8.11. The van der Waals surface area contributed by atoms with Gasteiger partial charge in [-0.3, -0.25) is 4.79 Å². The van der Waals surface area contributed by atoms with Gasteiger partial charge >= 0.3 is 0 Å². The zero-order valence-corrected chi connectivity index (χ0v) is 15.3. The smallest absolute Gasteiger partial charge is 0.223 e. The Kier molecular flexibility index (Phi) is 3.80. The molecule has 0 saturated carbocycles. The number of nitrogens with one attached hydrogen (secondary N) is 1. The number of benzene rings is 1. The first-order chi connectivity index (χ1) is 12.4. The van der Waals surface area contributed by atoms with E-state index in [2.05, 4.69) is 20.3 Å². The van der Waals surface area contributed by atoms with Gasteiger partial charge in [0.15, 0.2) is 10.8 Å². The summed E-state index contributed by atoms with van der Waals surface area (Å²) in [6.07, 6.45) is 1.45. The average Bonchev–Trinajstić information content (AvgIpc) is 3.14. The molecule has 9 heteroatoms. The fraction of sp³-hybridized carbons (Fsp3) is 0.235. The van der Waals surface area contributed by atoms with E-state index in [1.807, 2.05) is 36.7 Å². The highest BCUT2D eigenvalue weighted by Gasteiger charge is 2.19. The zero-order chi connectivity index (χ0) is 18.4. The number of fused-ring (bicyclic) bond motifs is 2. The third-order valence-electron chi connectivity index (χ3n) is 3.95. The van der Waals surface area contributed by atoms with Crippen LogP contribution in [0.25, 0.3) is 32.5 Å². The van der Waals surface area contributed by atoms with Gasteiger partial charge in [0.1, 0.15) is 17.8 Å². The topological polar surface area (TPSA) is 112 Å². The van der Waals surface area contributed by atoms with E-state index in [4.69, 9.17) is 10.8 Å². The number of anilines is 2. The van der Waals surface area contributed by atoms with Crippen LogP contribution in [0.2, 0.25) is 0 Å². The van der Waals surface area contributed by atoms with E-state index in [9.17, 15) is 4.79 Å². The molecule has 0 aliphatic carbocycles. The fourth-order valence-electron chi connectivity index (χ4n) is 2.83. The molecule has 4 rings (SSSR count). The van der Waals surface area contributed by atoms with Crippen LogP contribution in [0.3, 0.4) is 0 Å². The van der Waals surface area contributed by atoms with E-state index >= 15 is 0 Å². The molecule has 4 aromatic rings. The lowest BCUT2D eigenvalue weighted by atomic mass is 10.1. The quantitative estimate of drug-likeness (QED) is 0.575. The number of nitrogens with zero attached hydrogens (tertiary/aromatic N) is 5. The second-order valence-corrected chi connectivity index (χ2v) is 7.26. The van der Waals surface area contributed by atoms with Gasteiger partial charge in [-0.25, -0.2) is 19.6 Å². The molecule has 0 radical (unpaired) electrons. The molecule has 0 fully saturated rings. The van der Waals surface area contributed by atoms with Crippen molar-refractivity contribution in [1.29, 1.82) is 0 Å². The molecular weight excluding hydrogens is 350 g/mol. The summed E-state index contributed by atoms with van der Waals surface area (Å²) in [4.78, 5) is 24.1. The highest BCUT2D eigenvalue weighted by molar-refractivity contribution is 7.22. The molecule has 3 aromatic heterocycles. The second kappa shape index (κ2) is 6.03. The maximum absolute atomic E-state index is 11.2. The highest BCUT2D eigenvalue weighted by Crippen LogP contribution is 2.35. The van der Waals surface area contributed by atoms with Crippen LogP contribution in [-0.4, -0.2) is 30.6 Å². The van der Waals surface area contributed by atoms with E-state index in [1.165, 1.54) is 24.6 Å². The maximum Gasteiger partial charge on any atom is 0.223 e. The van der Waals surface area contributed by atoms with E-state index in [0.717, 1.165) is 26.9 Å². The SMILES string of the molecule is CC(=O)Nc1nc2ccc(-c3nn(C(C)C)c4ncnc(N)c34)cc2s1. The predicted octanol–water partition coefficient (Wildman–Crippen LogP) is 3.22. The van der Waals surface area contributed by atoms with Crippen molar-refractivity contribution >= 4 is 49.4 Å². The lowest BCUT2D eigenvalue weighted by Crippen LogP contribution is -2.04. The summed E-state index contributed by atoms with van der Waals surface area (Å²) >= 11 is 1.42. The Bertz CT molecular complexity index is 1140. The third kappa shape index (κ3) is 2.66. The van der Waals surface area contributed by atoms with Gasteiger partial charge in [0.2, 0.25) is 5.91 Å². The van der Waals surface area contributed by atoms with E-state index in [1.54, 1.807) is 0 Å². The minimum absolute atomic E-state index is 0.138. The number of rotatable bonds is 3. The first kappa shape index (κ1) is 16.4.